The number of nitrogens with one attached hydrogen (secondary N) is 1. The van der Waals surface area contributed by atoms with Crippen molar-refractivity contribution in [1.82, 2.24) is 5.32 Å². The largest absolute Gasteiger partial charge is 0.490 e. The van der Waals surface area contributed by atoms with E-state index in [1.807, 2.05) is 32.9 Å². The van der Waals surface area contributed by atoms with E-state index in [9.17, 15) is 4.39 Å². The van der Waals surface area contributed by atoms with E-state index in [1.165, 1.54) is 6.07 Å². The second-order valence-electron chi connectivity index (χ2n) is 6.01. The molecule has 0 saturated heterocycles. The van der Waals surface area contributed by atoms with Gasteiger partial charge in [-0.1, -0.05) is 29.8 Å². The molecule has 0 fully saturated rings. The topological polar surface area (TPSA) is 30.5 Å². The Balaban J connectivity index is 1.99. The molecular formula is C20H25ClFNO2. The molecule has 0 unspecified atom stereocenters. The first-order valence-electron chi connectivity index (χ1n) is 8.57. The quantitative estimate of drug-likeness (QED) is 0.634. The molecule has 0 heterocycles. The van der Waals surface area contributed by atoms with E-state index in [2.05, 4.69) is 5.32 Å². The van der Waals surface area contributed by atoms with Gasteiger partial charge in [-0.2, -0.15) is 0 Å². The van der Waals surface area contributed by atoms with E-state index in [0.717, 1.165) is 5.56 Å². The molecule has 0 bridgehead atoms. The molecule has 2 aromatic rings. The smallest absolute Gasteiger partial charge is 0.163 e. The average molecular weight is 366 g/mol. The minimum atomic E-state index is -0.170. The second kappa shape index (κ2) is 9.64. The summed E-state index contributed by atoms with van der Waals surface area (Å²) in [5.74, 6) is 1.17. The molecule has 2 aromatic carbocycles. The minimum Gasteiger partial charge on any atom is -0.490 e. The highest BCUT2D eigenvalue weighted by atomic mass is 35.5. The van der Waals surface area contributed by atoms with Gasteiger partial charge in [0.2, 0.25) is 0 Å². The number of hydrogen-bond donors (Lipinski definition) is 1. The van der Waals surface area contributed by atoms with Gasteiger partial charge in [-0.3, -0.25) is 0 Å². The summed E-state index contributed by atoms with van der Waals surface area (Å²) in [6, 6.07) is 10.5. The highest BCUT2D eigenvalue weighted by Crippen LogP contribution is 2.34. The van der Waals surface area contributed by atoms with Crippen LogP contribution in [0.15, 0.2) is 36.4 Å². The molecular weight excluding hydrogens is 341 g/mol. The summed E-state index contributed by atoms with van der Waals surface area (Å²) in [5, 5.41) is 3.92. The van der Waals surface area contributed by atoms with Gasteiger partial charge in [0.25, 0.3) is 0 Å². The molecule has 0 atom stereocenters. The Morgan fingerprint density at radius 2 is 1.88 bits per heavy atom. The Bertz CT molecular complexity index is 691. The highest BCUT2D eigenvalue weighted by Gasteiger charge is 2.12. The molecule has 1 N–H and O–H groups in total. The third-order valence-corrected chi connectivity index (χ3v) is 3.97. The predicted molar refractivity (Wildman–Crippen MR) is 100 cm³/mol. The average Bonchev–Trinajstić information content (AvgIpc) is 2.56. The van der Waals surface area contributed by atoms with Crippen molar-refractivity contribution < 1.29 is 13.9 Å². The Morgan fingerprint density at radius 1 is 1.12 bits per heavy atom. The lowest BCUT2D eigenvalue weighted by atomic mass is 10.1. The van der Waals surface area contributed by atoms with Crippen LogP contribution in [0.4, 0.5) is 4.39 Å². The van der Waals surface area contributed by atoms with Crippen LogP contribution >= 0.6 is 11.6 Å². The van der Waals surface area contributed by atoms with E-state index in [-0.39, 0.29) is 11.9 Å². The van der Waals surface area contributed by atoms with E-state index in [1.54, 1.807) is 18.2 Å². The van der Waals surface area contributed by atoms with Gasteiger partial charge < -0.3 is 14.8 Å². The number of hydrogen-bond acceptors (Lipinski definition) is 3. The fourth-order valence-electron chi connectivity index (χ4n) is 2.47. The van der Waals surface area contributed by atoms with Crippen molar-refractivity contribution in [3.8, 4) is 11.5 Å². The van der Waals surface area contributed by atoms with Gasteiger partial charge >= 0.3 is 0 Å². The SMILES string of the molecule is CCOc1cc(CNCCc2ccccc2F)c(Cl)cc1OC(C)C. The zero-order valence-electron chi connectivity index (χ0n) is 14.9. The molecule has 5 heteroatoms. The maximum Gasteiger partial charge on any atom is 0.163 e. The molecule has 0 aliphatic rings. The molecule has 3 nitrogen and oxygen atoms in total. The second-order valence-corrected chi connectivity index (χ2v) is 6.42. The third-order valence-electron chi connectivity index (χ3n) is 3.62. The van der Waals surface area contributed by atoms with Gasteiger partial charge in [0.1, 0.15) is 5.82 Å². The van der Waals surface area contributed by atoms with Crippen molar-refractivity contribution in [2.24, 2.45) is 0 Å². The van der Waals surface area contributed by atoms with Gasteiger partial charge in [0, 0.05) is 17.6 Å². The van der Waals surface area contributed by atoms with Gasteiger partial charge in [0.15, 0.2) is 11.5 Å². The van der Waals surface area contributed by atoms with Gasteiger partial charge in [-0.15, -0.1) is 0 Å². The van der Waals surface area contributed by atoms with E-state index in [4.69, 9.17) is 21.1 Å². The van der Waals surface area contributed by atoms with E-state index >= 15 is 0 Å². The summed E-state index contributed by atoms with van der Waals surface area (Å²) in [6.07, 6.45) is 0.664. The molecule has 0 aliphatic carbocycles. The Labute approximate surface area is 154 Å². The molecule has 0 aromatic heterocycles. The molecule has 0 radical (unpaired) electrons. The number of ether oxygens (including phenoxy) is 2. The summed E-state index contributed by atoms with van der Waals surface area (Å²) in [6.45, 7) is 7.64. The monoisotopic (exact) mass is 365 g/mol. The lowest BCUT2D eigenvalue weighted by Gasteiger charge is -2.17. The Hall–Kier alpha value is -1.78. The van der Waals surface area contributed by atoms with Crippen LogP contribution in [0.25, 0.3) is 0 Å². The third kappa shape index (κ3) is 5.91. The van der Waals surface area contributed by atoms with Crippen LogP contribution < -0.4 is 14.8 Å². The fourth-order valence-corrected chi connectivity index (χ4v) is 2.69. The van der Waals surface area contributed by atoms with Gasteiger partial charge in [-0.05, 0) is 57.0 Å². The van der Waals surface area contributed by atoms with Gasteiger partial charge in [-0.25, -0.2) is 4.39 Å². The maximum atomic E-state index is 13.6. The van der Waals surface area contributed by atoms with Crippen LogP contribution in [0.3, 0.4) is 0 Å². The normalized spacial score (nSPS) is 11.0. The standard InChI is InChI=1S/C20H25ClFNO2/c1-4-24-19-11-16(17(21)12-20(19)25-14(2)3)13-23-10-9-15-7-5-6-8-18(15)22/h5-8,11-12,14,23H,4,9-10,13H2,1-3H3. The Morgan fingerprint density at radius 3 is 2.56 bits per heavy atom. The zero-order chi connectivity index (χ0) is 18.2. The number of benzene rings is 2. The first-order valence-corrected chi connectivity index (χ1v) is 8.95. The van der Waals surface area contributed by atoms with Crippen LogP contribution in [0, 0.1) is 5.82 Å². The predicted octanol–water partition coefficient (Wildman–Crippen LogP) is 5.00. The van der Waals surface area contributed by atoms with Crippen molar-refractivity contribution in [3.63, 3.8) is 0 Å². The first kappa shape index (κ1) is 19.5. The molecule has 25 heavy (non-hydrogen) atoms. The first-order chi connectivity index (χ1) is 12.0. The molecule has 2 rings (SSSR count). The number of rotatable bonds is 9. The maximum absolute atomic E-state index is 13.6. The van der Waals surface area contributed by atoms with Crippen molar-refractivity contribution in [3.05, 3.63) is 58.4 Å². The van der Waals surface area contributed by atoms with Crippen molar-refractivity contribution in [2.45, 2.75) is 39.8 Å². The van der Waals surface area contributed by atoms with Crippen LogP contribution in [0.2, 0.25) is 5.02 Å². The van der Waals surface area contributed by atoms with Crippen molar-refractivity contribution in [1.29, 1.82) is 0 Å². The summed E-state index contributed by atoms with van der Waals surface area (Å²) < 4.78 is 25.0. The van der Waals surface area contributed by atoms with Gasteiger partial charge in [0.05, 0.1) is 12.7 Å². The summed E-state index contributed by atoms with van der Waals surface area (Å²) in [5.41, 5.74) is 1.63. The Kier molecular flexibility index (Phi) is 7.53. The molecule has 0 amide bonds. The van der Waals surface area contributed by atoms with Crippen LogP contribution in [-0.2, 0) is 13.0 Å². The highest BCUT2D eigenvalue weighted by molar-refractivity contribution is 6.31. The summed E-state index contributed by atoms with van der Waals surface area (Å²) >= 11 is 6.37. The van der Waals surface area contributed by atoms with E-state index in [0.29, 0.717) is 48.2 Å². The summed E-state index contributed by atoms with van der Waals surface area (Å²) in [4.78, 5) is 0. The van der Waals surface area contributed by atoms with Crippen LogP contribution in [-0.4, -0.2) is 19.3 Å². The zero-order valence-corrected chi connectivity index (χ0v) is 15.7. The minimum absolute atomic E-state index is 0.0417. The van der Waals surface area contributed by atoms with Crippen LogP contribution in [0.5, 0.6) is 11.5 Å². The lowest BCUT2D eigenvalue weighted by Crippen LogP contribution is -2.17. The van der Waals surface area contributed by atoms with E-state index < -0.39 is 0 Å². The summed E-state index contributed by atoms with van der Waals surface area (Å²) in [7, 11) is 0. The molecule has 0 aliphatic heterocycles. The van der Waals surface area contributed by atoms with Crippen molar-refractivity contribution >= 4 is 11.6 Å². The van der Waals surface area contributed by atoms with Crippen LogP contribution in [0.1, 0.15) is 31.9 Å². The molecule has 136 valence electrons. The number of halogens is 2. The lowest BCUT2D eigenvalue weighted by molar-refractivity contribution is 0.223. The molecule has 0 saturated carbocycles. The fraction of sp³-hybridized carbons (Fsp3) is 0.400. The molecule has 0 spiro atoms. The van der Waals surface area contributed by atoms with Crippen molar-refractivity contribution in [2.75, 3.05) is 13.2 Å².